The summed E-state index contributed by atoms with van der Waals surface area (Å²) in [5.41, 5.74) is 5.16. The smallest absolute Gasteiger partial charge is 0.251 e. The van der Waals surface area contributed by atoms with E-state index in [9.17, 15) is 4.79 Å². The Morgan fingerprint density at radius 2 is 1.97 bits per heavy atom. The first-order valence-electron chi connectivity index (χ1n) is 11.7. The van der Waals surface area contributed by atoms with Crippen molar-refractivity contribution in [2.45, 2.75) is 51.5 Å². The molecule has 32 heavy (non-hydrogen) atoms. The van der Waals surface area contributed by atoms with Crippen molar-refractivity contribution in [3.8, 4) is 11.3 Å². The lowest BCUT2D eigenvalue weighted by Gasteiger charge is -2.26. The Bertz CT molecular complexity index is 1230. The van der Waals surface area contributed by atoms with E-state index in [-0.39, 0.29) is 7.33 Å². The fourth-order valence-electron chi connectivity index (χ4n) is 4.21. The molecule has 0 spiro atoms. The number of carbonyl (C=O) groups excluding carboxylic acids is 1. The van der Waals surface area contributed by atoms with Gasteiger partial charge in [0.25, 0.3) is 5.91 Å². The number of benzene rings is 2. The molecule has 2 aromatic heterocycles. The maximum absolute atomic E-state index is 12.4. The number of aryl methyl sites for hydroxylation is 1. The normalized spacial score (nSPS) is 16.4. The average Bonchev–Trinajstić information content (AvgIpc) is 3.35. The molecule has 6 rings (SSSR count). The average molecular weight is 449 g/mol. The first kappa shape index (κ1) is 21.2. The lowest BCUT2D eigenvalue weighted by Crippen LogP contribution is -2.39. The number of aromatic nitrogens is 2. The van der Waals surface area contributed by atoms with Crippen molar-refractivity contribution in [2.75, 3.05) is 13.1 Å². The Hall–Kier alpha value is -2.70. The summed E-state index contributed by atoms with van der Waals surface area (Å²) >= 11 is 1.62. The highest BCUT2D eigenvalue weighted by Crippen LogP contribution is 2.30. The van der Waals surface area contributed by atoms with Crippen LogP contribution < -0.4 is 10.6 Å². The van der Waals surface area contributed by atoms with Crippen LogP contribution in [0, 0.1) is 6.92 Å². The Kier molecular flexibility index (Phi) is 6.23. The summed E-state index contributed by atoms with van der Waals surface area (Å²) in [6, 6.07) is 14.7. The summed E-state index contributed by atoms with van der Waals surface area (Å²) in [5, 5.41) is 6.39. The number of rotatable bonds is 3. The van der Waals surface area contributed by atoms with Crippen LogP contribution in [0.5, 0.6) is 0 Å². The highest BCUT2D eigenvalue weighted by Gasteiger charge is 2.20. The second kappa shape index (κ2) is 9.43. The molecule has 168 valence electrons. The van der Waals surface area contributed by atoms with Crippen molar-refractivity contribution in [1.82, 2.24) is 20.0 Å². The minimum absolute atomic E-state index is 0. The zero-order chi connectivity index (χ0) is 21.9. The van der Waals surface area contributed by atoms with E-state index in [2.05, 4.69) is 52.4 Å². The molecule has 2 fully saturated rings. The molecule has 1 aliphatic heterocycles. The molecule has 0 bridgehead atoms. The number of imidazole rings is 1. The second-order valence-corrected chi connectivity index (χ2v) is 9.85. The molecule has 1 saturated carbocycles. The summed E-state index contributed by atoms with van der Waals surface area (Å²) in [5.74, 6) is 0.0306. The lowest BCUT2D eigenvalue weighted by molar-refractivity contribution is 0.0917. The molecule has 1 amide bonds. The maximum atomic E-state index is 12.4. The van der Waals surface area contributed by atoms with Crippen LogP contribution in [0.2, 0.25) is 0 Å². The number of thiazole rings is 1. The van der Waals surface area contributed by atoms with Crippen LogP contribution in [-0.4, -0.2) is 34.4 Å². The van der Waals surface area contributed by atoms with Gasteiger partial charge in [-0.15, -0.1) is 0 Å². The SMILES string of the molecule is C1CCNCC1.Cc1cccc(-c2cn3c(n2)sc2cc(C(=O)NC4CCC4)ccc23)c1.[HH]. The third-order valence-corrected chi connectivity index (χ3v) is 7.34. The van der Waals surface area contributed by atoms with Gasteiger partial charge in [0.05, 0.1) is 15.9 Å². The van der Waals surface area contributed by atoms with E-state index in [0.717, 1.165) is 44.8 Å². The summed E-state index contributed by atoms with van der Waals surface area (Å²) in [6.45, 7) is 4.59. The molecule has 2 aliphatic rings. The van der Waals surface area contributed by atoms with E-state index in [0.29, 0.717) is 6.04 Å². The Morgan fingerprint density at radius 3 is 2.62 bits per heavy atom. The molecule has 1 aliphatic carbocycles. The molecule has 0 radical (unpaired) electrons. The second-order valence-electron chi connectivity index (χ2n) is 8.84. The summed E-state index contributed by atoms with van der Waals surface area (Å²) in [6.07, 6.45) is 9.71. The van der Waals surface area contributed by atoms with E-state index in [1.807, 2.05) is 18.2 Å². The van der Waals surface area contributed by atoms with E-state index in [4.69, 9.17) is 4.98 Å². The molecule has 0 unspecified atom stereocenters. The first-order chi connectivity index (χ1) is 15.7. The highest BCUT2D eigenvalue weighted by atomic mass is 32.1. The van der Waals surface area contributed by atoms with Crippen LogP contribution in [0.4, 0.5) is 0 Å². The zero-order valence-electron chi connectivity index (χ0n) is 18.6. The Balaban J connectivity index is 0.000000325. The van der Waals surface area contributed by atoms with E-state index < -0.39 is 0 Å². The minimum atomic E-state index is 0. The van der Waals surface area contributed by atoms with Crippen LogP contribution in [0.15, 0.2) is 48.7 Å². The summed E-state index contributed by atoms with van der Waals surface area (Å²) in [7, 11) is 0. The fraction of sp³-hybridized carbons (Fsp3) is 0.385. The van der Waals surface area contributed by atoms with Crippen LogP contribution in [0.3, 0.4) is 0 Å². The van der Waals surface area contributed by atoms with Gasteiger partial charge in [0.1, 0.15) is 0 Å². The molecule has 1 saturated heterocycles. The van der Waals surface area contributed by atoms with Gasteiger partial charge in [0.2, 0.25) is 0 Å². The van der Waals surface area contributed by atoms with Gasteiger partial charge in [-0.25, -0.2) is 4.98 Å². The van der Waals surface area contributed by atoms with Crippen LogP contribution in [-0.2, 0) is 0 Å². The third kappa shape index (κ3) is 4.57. The number of amides is 1. The molecule has 3 heterocycles. The van der Waals surface area contributed by atoms with Crippen molar-refractivity contribution in [2.24, 2.45) is 0 Å². The van der Waals surface area contributed by atoms with E-state index in [1.165, 1.54) is 44.3 Å². The number of hydrogen-bond donors (Lipinski definition) is 2. The van der Waals surface area contributed by atoms with Crippen molar-refractivity contribution in [3.05, 3.63) is 59.8 Å². The topological polar surface area (TPSA) is 58.4 Å². The molecular formula is C26H32N4OS. The minimum Gasteiger partial charge on any atom is -0.349 e. The number of hydrogen-bond acceptors (Lipinski definition) is 4. The number of carbonyl (C=O) groups is 1. The third-order valence-electron chi connectivity index (χ3n) is 6.32. The number of nitrogens with zero attached hydrogens (tertiary/aromatic N) is 2. The van der Waals surface area contributed by atoms with Crippen LogP contribution >= 0.6 is 11.3 Å². The number of piperidine rings is 1. The largest absolute Gasteiger partial charge is 0.349 e. The zero-order valence-corrected chi connectivity index (χ0v) is 19.4. The highest BCUT2D eigenvalue weighted by molar-refractivity contribution is 7.23. The monoisotopic (exact) mass is 448 g/mol. The molecule has 2 aromatic carbocycles. The van der Waals surface area contributed by atoms with Crippen molar-refractivity contribution in [1.29, 1.82) is 0 Å². The predicted molar refractivity (Wildman–Crippen MR) is 135 cm³/mol. The van der Waals surface area contributed by atoms with Gasteiger partial charge in [0.15, 0.2) is 4.96 Å². The van der Waals surface area contributed by atoms with Crippen molar-refractivity contribution < 1.29 is 6.22 Å². The van der Waals surface area contributed by atoms with Gasteiger partial charge in [-0.2, -0.15) is 0 Å². The maximum Gasteiger partial charge on any atom is 0.251 e. The standard InChI is InChI=1S/C21H19N3OS.C5H11N.H2/c1-13-4-2-5-14(10-13)17-12-24-18-9-8-15(11-19(18)26-21(24)23-17)20(25)22-16-6-3-7-16;1-2-4-6-5-3-1;/h2,4-5,8-12,16H,3,6-7H2,1H3,(H,22,25);6H,1-5H2;1H. The van der Waals surface area contributed by atoms with Gasteiger partial charge >= 0.3 is 0 Å². The van der Waals surface area contributed by atoms with Gasteiger partial charge < -0.3 is 10.6 Å². The molecule has 5 nitrogen and oxygen atoms in total. The predicted octanol–water partition coefficient (Wildman–Crippen LogP) is 5.81. The molecule has 6 heteroatoms. The van der Waals surface area contributed by atoms with Gasteiger partial charge in [0, 0.05) is 24.8 Å². The van der Waals surface area contributed by atoms with Crippen LogP contribution in [0.25, 0.3) is 26.4 Å². The summed E-state index contributed by atoms with van der Waals surface area (Å²) in [4.78, 5) is 18.1. The van der Waals surface area contributed by atoms with E-state index >= 15 is 0 Å². The molecule has 2 N–H and O–H groups in total. The Morgan fingerprint density at radius 1 is 1.12 bits per heavy atom. The van der Waals surface area contributed by atoms with Gasteiger partial charge in [-0.05, 0) is 76.4 Å². The van der Waals surface area contributed by atoms with Crippen LogP contribution in [0.1, 0.15) is 55.9 Å². The number of fused-ring (bicyclic) bond motifs is 3. The molecular weight excluding hydrogens is 416 g/mol. The van der Waals surface area contributed by atoms with Crippen molar-refractivity contribution >= 4 is 32.4 Å². The van der Waals surface area contributed by atoms with Gasteiger partial charge in [-0.3, -0.25) is 9.20 Å². The lowest BCUT2D eigenvalue weighted by atomic mass is 9.93. The first-order valence-corrected chi connectivity index (χ1v) is 12.5. The van der Waals surface area contributed by atoms with Crippen molar-refractivity contribution in [3.63, 3.8) is 0 Å². The number of nitrogens with one attached hydrogen (secondary N) is 2. The Labute approximate surface area is 194 Å². The quantitative estimate of drug-likeness (QED) is 0.416. The van der Waals surface area contributed by atoms with E-state index in [1.54, 1.807) is 11.3 Å². The van der Waals surface area contributed by atoms with Gasteiger partial charge in [-0.1, -0.05) is 41.5 Å². The fourth-order valence-corrected chi connectivity index (χ4v) is 5.26. The molecule has 0 atom stereocenters. The summed E-state index contributed by atoms with van der Waals surface area (Å²) < 4.78 is 3.20. The molecule has 4 aromatic rings.